The standard InChI is InChI=1S/C15H20N2O3/c1-20-13-6-2-5-11(14(13)18)15(19)17-7-3-4-10-8-16-9-12(10)17/h2,5-6,10,12,16,18H,3-4,7-9H2,1H3. The molecule has 0 bridgehead atoms. The van der Waals surface area contributed by atoms with Crippen LogP contribution in [0.4, 0.5) is 0 Å². The van der Waals surface area contributed by atoms with Gasteiger partial charge in [-0.1, -0.05) is 6.07 Å². The van der Waals surface area contributed by atoms with Crippen molar-refractivity contribution < 1.29 is 14.6 Å². The quantitative estimate of drug-likeness (QED) is 0.853. The molecule has 0 saturated carbocycles. The van der Waals surface area contributed by atoms with Crippen LogP contribution in [0.5, 0.6) is 11.5 Å². The molecule has 1 aromatic rings. The number of nitrogens with zero attached hydrogens (tertiary/aromatic N) is 1. The summed E-state index contributed by atoms with van der Waals surface area (Å²) in [5.41, 5.74) is 0.330. The van der Waals surface area contributed by atoms with Gasteiger partial charge in [0.1, 0.15) is 0 Å². The van der Waals surface area contributed by atoms with Crippen LogP contribution < -0.4 is 10.1 Å². The van der Waals surface area contributed by atoms with Gasteiger partial charge in [0.15, 0.2) is 11.5 Å². The van der Waals surface area contributed by atoms with Gasteiger partial charge >= 0.3 is 0 Å². The highest BCUT2D eigenvalue weighted by molar-refractivity contribution is 5.98. The van der Waals surface area contributed by atoms with Crippen LogP contribution in [0.2, 0.25) is 0 Å². The lowest BCUT2D eigenvalue weighted by Crippen LogP contribution is -2.48. The Bertz CT molecular complexity index is 518. The number of hydrogen-bond donors (Lipinski definition) is 2. The third kappa shape index (κ3) is 2.12. The van der Waals surface area contributed by atoms with Gasteiger partial charge in [0.05, 0.1) is 12.7 Å². The highest BCUT2D eigenvalue weighted by Crippen LogP contribution is 2.33. The van der Waals surface area contributed by atoms with Gasteiger partial charge in [-0.3, -0.25) is 4.79 Å². The van der Waals surface area contributed by atoms with Crippen LogP contribution in [0.15, 0.2) is 18.2 Å². The van der Waals surface area contributed by atoms with Crippen molar-refractivity contribution in [2.24, 2.45) is 5.92 Å². The average molecular weight is 276 g/mol. The number of ether oxygens (including phenoxy) is 1. The molecule has 2 unspecified atom stereocenters. The van der Waals surface area contributed by atoms with Crippen molar-refractivity contribution in [2.45, 2.75) is 18.9 Å². The van der Waals surface area contributed by atoms with Crippen molar-refractivity contribution in [3.63, 3.8) is 0 Å². The number of para-hydroxylation sites is 1. The molecule has 20 heavy (non-hydrogen) atoms. The monoisotopic (exact) mass is 276 g/mol. The summed E-state index contributed by atoms with van der Waals surface area (Å²) in [6, 6.07) is 5.30. The molecule has 2 heterocycles. The molecule has 1 amide bonds. The summed E-state index contributed by atoms with van der Waals surface area (Å²) in [7, 11) is 1.49. The largest absolute Gasteiger partial charge is 0.504 e. The van der Waals surface area contributed by atoms with E-state index in [1.807, 2.05) is 4.90 Å². The zero-order chi connectivity index (χ0) is 14.1. The number of aromatic hydroxyl groups is 1. The first-order valence-corrected chi connectivity index (χ1v) is 7.10. The molecule has 0 aliphatic carbocycles. The number of methoxy groups -OCH3 is 1. The molecule has 2 fully saturated rings. The normalized spacial score (nSPS) is 25.4. The van der Waals surface area contributed by atoms with E-state index in [4.69, 9.17) is 4.74 Å². The maximum atomic E-state index is 12.7. The van der Waals surface area contributed by atoms with Crippen molar-refractivity contribution in [3.8, 4) is 11.5 Å². The van der Waals surface area contributed by atoms with E-state index in [9.17, 15) is 9.90 Å². The fourth-order valence-corrected chi connectivity index (χ4v) is 3.33. The van der Waals surface area contributed by atoms with Gasteiger partial charge in [-0.2, -0.15) is 0 Å². The van der Waals surface area contributed by atoms with E-state index in [0.717, 1.165) is 26.1 Å². The summed E-state index contributed by atoms with van der Waals surface area (Å²) < 4.78 is 5.08. The molecule has 5 heteroatoms. The number of benzene rings is 1. The Morgan fingerprint density at radius 2 is 2.30 bits per heavy atom. The zero-order valence-corrected chi connectivity index (χ0v) is 11.6. The van der Waals surface area contributed by atoms with Crippen molar-refractivity contribution in [1.29, 1.82) is 0 Å². The Labute approximate surface area is 118 Å². The smallest absolute Gasteiger partial charge is 0.258 e. The second kappa shape index (κ2) is 5.32. The van der Waals surface area contributed by atoms with Crippen LogP contribution in [-0.4, -0.2) is 48.7 Å². The van der Waals surface area contributed by atoms with Crippen molar-refractivity contribution in [1.82, 2.24) is 10.2 Å². The number of phenols is 1. The van der Waals surface area contributed by atoms with Gasteiger partial charge < -0.3 is 20.1 Å². The molecule has 0 aromatic heterocycles. The summed E-state index contributed by atoms with van der Waals surface area (Å²) >= 11 is 0. The fraction of sp³-hybridized carbons (Fsp3) is 0.533. The van der Waals surface area contributed by atoms with Gasteiger partial charge in [0.25, 0.3) is 5.91 Å². The van der Waals surface area contributed by atoms with Crippen molar-refractivity contribution in [2.75, 3.05) is 26.7 Å². The number of carbonyl (C=O) groups is 1. The molecule has 2 saturated heterocycles. The SMILES string of the molecule is COc1cccc(C(=O)N2CCCC3CNCC32)c1O. The van der Waals surface area contributed by atoms with Crippen molar-refractivity contribution in [3.05, 3.63) is 23.8 Å². The second-order valence-electron chi connectivity index (χ2n) is 5.48. The first-order valence-electron chi connectivity index (χ1n) is 7.10. The highest BCUT2D eigenvalue weighted by atomic mass is 16.5. The lowest BCUT2D eigenvalue weighted by Gasteiger charge is -2.37. The van der Waals surface area contributed by atoms with Gasteiger partial charge in [-0.25, -0.2) is 0 Å². The van der Waals surface area contributed by atoms with E-state index in [1.54, 1.807) is 18.2 Å². The van der Waals surface area contributed by atoms with Gasteiger partial charge in [-0.15, -0.1) is 0 Å². The van der Waals surface area contributed by atoms with Crippen LogP contribution in [0.3, 0.4) is 0 Å². The van der Waals surface area contributed by atoms with Crippen molar-refractivity contribution >= 4 is 5.91 Å². The van der Waals surface area contributed by atoms with Gasteiger partial charge in [0.2, 0.25) is 0 Å². The fourth-order valence-electron chi connectivity index (χ4n) is 3.33. The van der Waals surface area contributed by atoms with Crippen LogP contribution in [0.25, 0.3) is 0 Å². The minimum absolute atomic E-state index is 0.0620. The van der Waals surface area contributed by atoms with Gasteiger partial charge in [0, 0.05) is 25.7 Å². The third-order valence-corrected chi connectivity index (χ3v) is 4.39. The lowest BCUT2D eigenvalue weighted by atomic mass is 9.91. The molecule has 2 aliphatic heterocycles. The number of rotatable bonds is 2. The predicted octanol–water partition coefficient (Wildman–Crippen LogP) is 1.22. The minimum atomic E-state index is -0.0974. The number of phenolic OH excluding ortho intramolecular Hbond substituents is 1. The molecule has 108 valence electrons. The van der Waals surface area contributed by atoms with Crippen LogP contribution >= 0.6 is 0 Å². The number of piperidine rings is 1. The topological polar surface area (TPSA) is 61.8 Å². The average Bonchev–Trinajstić information content (AvgIpc) is 2.95. The molecular weight excluding hydrogens is 256 g/mol. The van der Waals surface area contributed by atoms with E-state index in [0.29, 0.717) is 17.2 Å². The molecular formula is C15H20N2O3. The van der Waals surface area contributed by atoms with E-state index < -0.39 is 0 Å². The zero-order valence-electron chi connectivity index (χ0n) is 11.6. The molecule has 0 spiro atoms. The summed E-state index contributed by atoms with van der Waals surface area (Å²) in [5.74, 6) is 0.724. The molecule has 2 atom stereocenters. The number of fused-ring (bicyclic) bond motifs is 1. The summed E-state index contributed by atoms with van der Waals surface area (Å²) in [4.78, 5) is 14.6. The Kier molecular flexibility index (Phi) is 3.53. The Morgan fingerprint density at radius 3 is 3.10 bits per heavy atom. The van der Waals surface area contributed by atoms with Crippen LogP contribution in [-0.2, 0) is 0 Å². The number of carbonyl (C=O) groups excluding carboxylic acids is 1. The highest BCUT2D eigenvalue weighted by Gasteiger charge is 2.38. The predicted molar refractivity (Wildman–Crippen MR) is 75.1 cm³/mol. The van der Waals surface area contributed by atoms with Crippen LogP contribution in [0.1, 0.15) is 23.2 Å². The van der Waals surface area contributed by atoms with Crippen LogP contribution in [0, 0.1) is 5.92 Å². The molecule has 5 nitrogen and oxygen atoms in total. The molecule has 3 rings (SSSR count). The molecule has 2 aliphatic rings. The van der Waals surface area contributed by atoms with E-state index in [1.165, 1.54) is 13.5 Å². The van der Waals surface area contributed by atoms with E-state index in [-0.39, 0.29) is 17.7 Å². The summed E-state index contributed by atoms with van der Waals surface area (Å²) in [6.07, 6.45) is 2.20. The van der Waals surface area contributed by atoms with E-state index in [2.05, 4.69) is 5.32 Å². The third-order valence-electron chi connectivity index (χ3n) is 4.39. The molecule has 2 N–H and O–H groups in total. The Morgan fingerprint density at radius 1 is 1.45 bits per heavy atom. The summed E-state index contributed by atoms with van der Waals surface area (Å²) in [5, 5.41) is 13.5. The summed E-state index contributed by atoms with van der Waals surface area (Å²) in [6.45, 7) is 2.60. The first-order chi connectivity index (χ1) is 9.72. The number of hydrogen-bond acceptors (Lipinski definition) is 4. The lowest BCUT2D eigenvalue weighted by molar-refractivity contribution is 0.0571. The Hall–Kier alpha value is -1.75. The van der Waals surface area contributed by atoms with E-state index >= 15 is 0 Å². The molecule has 0 radical (unpaired) electrons. The number of nitrogens with one attached hydrogen (secondary N) is 1. The minimum Gasteiger partial charge on any atom is -0.504 e. The first kappa shape index (κ1) is 13.2. The van der Waals surface area contributed by atoms with Gasteiger partial charge in [-0.05, 0) is 30.9 Å². The Balaban J connectivity index is 1.88. The number of likely N-dealkylation sites (tertiary alicyclic amines) is 1. The maximum absolute atomic E-state index is 12.7. The molecule has 1 aromatic carbocycles. The maximum Gasteiger partial charge on any atom is 0.258 e. The second-order valence-corrected chi connectivity index (χ2v) is 5.48. The number of amides is 1.